The number of carbonyl (C=O) groups excluding carboxylic acids is 15. The molecule has 16 atom stereocenters. The molecule has 0 unspecified atom stereocenters. The van der Waals surface area contributed by atoms with Gasteiger partial charge in [-0.15, -0.1) is 0 Å². The molecule has 27 N–H and O–H groups in total. The Morgan fingerprint density at radius 3 is 1.29 bits per heavy atom. The van der Waals surface area contributed by atoms with Crippen LogP contribution in [-0.2, 0) is 83.1 Å². The second-order valence-electron chi connectivity index (χ2n) is 29.9. The monoisotopic (exact) mass is 1630 g/mol. The lowest BCUT2D eigenvalue weighted by atomic mass is 9.96. The van der Waals surface area contributed by atoms with E-state index >= 15 is 0 Å². The van der Waals surface area contributed by atoms with E-state index in [1.165, 1.54) is 18.7 Å². The van der Waals surface area contributed by atoms with Gasteiger partial charge in [-0.3, -0.25) is 76.7 Å². The third-order valence-electron chi connectivity index (χ3n) is 19.1. The number of aliphatic hydroxyl groups excluding tert-OH is 2. The number of H-pyrrole nitrogens is 1. The van der Waals surface area contributed by atoms with Crippen LogP contribution in [0.15, 0.2) is 30.5 Å². The lowest BCUT2D eigenvalue weighted by Crippen LogP contribution is -2.61. The number of primary amides is 2. The average molecular weight is 1630 g/mol. The molecule has 0 spiro atoms. The van der Waals surface area contributed by atoms with Crippen LogP contribution in [0.4, 0.5) is 0 Å². The highest BCUT2D eigenvalue weighted by Gasteiger charge is 2.39. The van der Waals surface area contributed by atoms with Crippen LogP contribution in [-0.4, -0.2) is 238 Å². The van der Waals surface area contributed by atoms with Gasteiger partial charge in [-0.05, 0) is 137 Å². The van der Waals surface area contributed by atoms with Gasteiger partial charge in [0, 0.05) is 29.9 Å². The summed E-state index contributed by atoms with van der Waals surface area (Å²) in [4.78, 5) is 222. The van der Waals surface area contributed by atoms with E-state index in [0.29, 0.717) is 42.1 Å². The van der Waals surface area contributed by atoms with Crippen molar-refractivity contribution < 1.29 is 92.0 Å². The Kier molecular flexibility index (Phi) is 45.9. The molecule has 0 bridgehead atoms. The van der Waals surface area contributed by atoms with Crippen molar-refractivity contribution in [1.29, 1.82) is 0 Å². The third-order valence-corrected chi connectivity index (χ3v) is 19.8. The molecule has 0 aliphatic heterocycles. The van der Waals surface area contributed by atoms with Crippen LogP contribution in [0, 0.1) is 29.6 Å². The first-order chi connectivity index (χ1) is 53.7. The predicted molar refractivity (Wildman–Crippen MR) is 426 cm³/mol. The molecule has 642 valence electrons. The van der Waals surface area contributed by atoms with Gasteiger partial charge in [-0.25, -0.2) is 0 Å². The summed E-state index contributed by atoms with van der Waals surface area (Å²) in [5, 5.41) is 64.5. The molecule has 2 aromatic rings. The molecule has 0 radical (unpaired) electrons. The van der Waals surface area contributed by atoms with Crippen LogP contribution in [0.2, 0.25) is 0 Å². The van der Waals surface area contributed by atoms with E-state index in [4.69, 9.17) is 28.7 Å². The van der Waals surface area contributed by atoms with E-state index in [0.717, 1.165) is 0 Å². The van der Waals surface area contributed by atoms with E-state index < -0.39 is 218 Å². The van der Waals surface area contributed by atoms with Crippen molar-refractivity contribution in [2.24, 2.45) is 58.3 Å². The lowest BCUT2D eigenvalue weighted by Gasteiger charge is -2.29. The van der Waals surface area contributed by atoms with Gasteiger partial charge in [0.25, 0.3) is 0 Å². The zero-order valence-electron chi connectivity index (χ0n) is 67.7. The summed E-state index contributed by atoms with van der Waals surface area (Å²) in [6.07, 6.45) is 3.18. The summed E-state index contributed by atoms with van der Waals surface area (Å²) in [7, 11) is 0. The number of carboxylic acids is 1. The highest BCUT2D eigenvalue weighted by molar-refractivity contribution is 7.98. The molecule has 0 saturated heterocycles. The number of fused-ring (bicyclic) bond motifs is 1. The number of carboxylic acid groups (broad SMARTS) is 1. The SMILES string of the molecule is CC[C@H](C)[C@H](N)C(=O)N[C@@H](CC(N)=O)C(=O)N[C@@H](Cc1c[nH]c2ccccc12)C(=O)N[C@@H](CO)C(=O)N[C@@H](CCCCN)C(=O)N[C@@H](CC(C)C)C(=O)N[C@@H](CC(C)C)C(=O)N[C@@H](CO)C(=O)N[C@@H](CCSC)C(=O)N[C@@H](C)C(=O)N[C@@H](CCCCN)C(=O)N[C@@H](CCC(=O)O)C(=O)N[C@H](C(=O)N[C@H](C(N)=O)[C@@H](C)CC)C(C)C. The van der Waals surface area contributed by atoms with Crippen LogP contribution >= 0.6 is 11.8 Å². The molecule has 15 amide bonds. The fourth-order valence-corrected chi connectivity index (χ4v) is 12.4. The molecule has 0 fully saturated rings. The molecule has 2 rings (SSSR count). The van der Waals surface area contributed by atoms with Crippen LogP contribution in [0.3, 0.4) is 0 Å². The number of hydrogen-bond acceptors (Lipinski definition) is 22. The summed E-state index contributed by atoms with van der Waals surface area (Å²) in [6.45, 7) is 16.7. The minimum Gasteiger partial charge on any atom is -0.481 e. The molecule has 1 heterocycles. The Bertz CT molecular complexity index is 3530. The molecule has 114 heavy (non-hydrogen) atoms. The fourth-order valence-electron chi connectivity index (χ4n) is 11.9. The number of aromatic amines is 1. The largest absolute Gasteiger partial charge is 0.481 e. The van der Waals surface area contributed by atoms with Crippen LogP contribution in [0.1, 0.15) is 172 Å². The molecule has 39 heteroatoms. The van der Waals surface area contributed by atoms with Crippen molar-refractivity contribution >= 4 is 117 Å². The Morgan fingerprint density at radius 2 is 0.842 bits per heavy atom. The lowest BCUT2D eigenvalue weighted by molar-refractivity contribution is -0.139. The van der Waals surface area contributed by atoms with E-state index in [-0.39, 0.29) is 93.9 Å². The first-order valence-electron chi connectivity index (χ1n) is 38.9. The molecule has 1 aromatic carbocycles. The second kappa shape index (κ2) is 52.0. The first-order valence-corrected chi connectivity index (χ1v) is 40.3. The summed E-state index contributed by atoms with van der Waals surface area (Å²) < 4.78 is 0. The number of amides is 15. The topological polar surface area (TPSA) is 636 Å². The fraction of sp³-hybridized carbons (Fsp3) is 0.680. The number of thioether (sulfide) groups is 1. The summed E-state index contributed by atoms with van der Waals surface area (Å²) in [5.41, 5.74) is 29.9. The Hall–Kier alpha value is -9.57. The minimum absolute atomic E-state index is 0.0433. The third kappa shape index (κ3) is 35.0. The van der Waals surface area contributed by atoms with Crippen molar-refractivity contribution in [3.8, 4) is 0 Å². The van der Waals surface area contributed by atoms with E-state index in [1.807, 2.05) is 0 Å². The predicted octanol–water partition coefficient (Wildman–Crippen LogP) is -3.58. The molecule has 0 saturated carbocycles. The number of nitrogens with two attached hydrogens (primary N) is 5. The van der Waals surface area contributed by atoms with E-state index in [2.05, 4.69) is 74.1 Å². The van der Waals surface area contributed by atoms with Crippen molar-refractivity contribution in [1.82, 2.24) is 74.1 Å². The number of aliphatic hydroxyl groups is 2. The molecule has 1 aromatic heterocycles. The van der Waals surface area contributed by atoms with Crippen LogP contribution < -0.4 is 97.8 Å². The summed E-state index contributed by atoms with van der Waals surface area (Å²) >= 11 is 1.29. The van der Waals surface area contributed by atoms with Crippen LogP contribution in [0.25, 0.3) is 10.9 Å². The molecule has 38 nitrogen and oxygen atoms in total. The van der Waals surface area contributed by atoms with Gasteiger partial charge >= 0.3 is 5.97 Å². The average Bonchev–Trinajstić information content (AvgIpc) is 1.66. The molecule has 0 aliphatic carbocycles. The van der Waals surface area contributed by atoms with Crippen molar-refractivity contribution in [3.63, 3.8) is 0 Å². The number of hydrogen-bond donors (Lipinski definition) is 22. The minimum atomic E-state index is -1.79. The quantitative estimate of drug-likeness (QED) is 0.0285. The maximum atomic E-state index is 14.5. The highest BCUT2D eigenvalue weighted by atomic mass is 32.2. The normalized spacial score (nSPS) is 15.6. The van der Waals surface area contributed by atoms with Crippen molar-refractivity contribution in [2.45, 2.75) is 257 Å². The van der Waals surface area contributed by atoms with Gasteiger partial charge in [0.1, 0.15) is 78.5 Å². The summed E-state index contributed by atoms with van der Waals surface area (Å²) in [6, 6.07) is -13.3. The zero-order valence-corrected chi connectivity index (χ0v) is 68.5. The number of rotatable bonds is 56. The Morgan fingerprint density at radius 1 is 0.447 bits per heavy atom. The molecule has 0 aliphatic rings. The standard InChI is InChI=1S/C75H127N19O19S/c1-13-41(9)59(79)74(112)90-54(34-57(78)97)71(109)89-53(33-44-35-81-46-22-16-15-21-45(44)46)70(108)92-55(36-95)72(110)84-48(24-18-20-29-77)66(104)87-51(31-38(3)4)68(106)88-52(32-39(5)6)69(107)91-56(37-96)73(111)86-50(27-30-114-12)64(102)82-43(11)63(101)83-47(23-17-19-28-76)65(103)85-49(25-26-58(98)99)67(105)93-60(40(7)8)75(113)94-61(62(80)100)42(10)14-2/h15-16,21-22,35,38-43,47-56,59-61,81,95-96H,13-14,17-20,23-34,36-37,76-77,79H2,1-12H3,(H2,78,97)(H2,80,100)(H,82,102)(H,83,101)(H,84,110)(H,85,103)(H,86,111)(H,87,104)(H,88,106)(H,89,109)(H,90,112)(H,91,107)(H,92,108)(H,93,105)(H,94,113)(H,98,99)/t41-,42-,43-,47-,48-,49-,50-,51-,52-,53-,54-,55-,56-,59-,60-,61-/m0/s1. The van der Waals surface area contributed by atoms with E-state index in [9.17, 15) is 92.0 Å². The number of carbonyl (C=O) groups is 16. The van der Waals surface area contributed by atoms with Gasteiger partial charge < -0.3 is 118 Å². The summed E-state index contributed by atoms with van der Waals surface area (Å²) in [5.74, 6) is -17.0. The van der Waals surface area contributed by atoms with Gasteiger partial charge in [-0.1, -0.05) is 100 Å². The Balaban J connectivity index is 2.42. The maximum absolute atomic E-state index is 14.5. The van der Waals surface area contributed by atoms with Crippen LogP contribution in [0.5, 0.6) is 0 Å². The van der Waals surface area contributed by atoms with Crippen molar-refractivity contribution in [2.75, 3.05) is 38.3 Å². The van der Waals surface area contributed by atoms with Crippen molar-refractivity contribution in [3.05, 3.63) is 36.0 Å². The number of benzene rings is 1. The van der Waals surface area contributed by atoms with Gasteiger partial charge in [0.15, 0.2) is 0 Å². The maximum Gasteiger partial charge on any atom is 0.303 e. The van der Waals surface area contributed by atoms with Gasteiger partial charge in [0.05, 0.1) is 25.7 Å². The molecular formula is C75H127N19O19S. The first kappa shape index (κ1) is 101. The number of nitrogens with one attached hydrogen (secondary N) is 14. The van der Waals surface area contributed by atoms with Gasteiger partial charge in [0.2, 0.25) is 88.6 Å². The number of para-hydroxylation sites is 1. The zero-order chi connectivity index (χ0) is 86.2. The number of unbranched alkanes of at least 4 members (excludes halogenated alkanes) is 2. The Labute approximate surface area is 670 Å². The number of aromatic nitrogens is 1. The smallest absolute Gasteiger partial charge is 0.303 e. The second-order valence-corrected chi connectivity index (χ2v) is 30.9. The van der Waals surface area contributed by atoms with Gasteiger partial charge in [-0.2, -0.15) is 11.8 Å². The molecular weight excluding hydrogens is 1500 g/mol. The number of aliphatic carboxylic acids is 1. The highest BCUT2D eigenvalue weighted by Crippen LogP contribution is 2.21. The van der Waals surface area contributed by atoms with E-state index in [1.54, 1.807) is 106 Å².